The second-order valence-electron chi connectivity index (χ2n) is 8.24. The second kappa shape index (κ2) is 11.0. The molecule has 0 spiro atoms. The molecule has 1 aromatic carbocycles. The van der Waals surface area contributed by atoms with Crippen molar-refractivity contribution in [3.05, 3.63) is 35.4 Å². The standard InChI is InChI=1S/C22H34O4/c1-6-7-8-9-14-25-20(23)18-10-12-19(13-11-18)21(24)26-16-17(2)15-22(3,4)5/h10-13,17H,6-9,14-16H2,1-5H3. The Morgan fingerprint density at radius 1 is 0.923 bits per heavy atom. The van der Waals surface area contributed by atoms with E-state index in [0.29, 0.717) is 30.3 Å². The summed E-state index contributed by atoms with van der Waals surface area (Å²) in [4.78, 5) is 24.1. The molecule has 0 aromatic heterocycles. The van der Waals surface area contributed by atoms with E-state index in [4.69, 9.17) is 9.47 Å². The Morgan fingerprint density at radius 2 is 1.46 bits per heavy atom. The Labute approximate surface area is 158 Å². The number of rotatable bonds is 10. The number of hydrogen-bond donors (Lipinski definition) is 0. The number of ether oxygens (including phenoxy) is 2. The van der Waals surface area contributed by atoms with Crippen LogP contribution in [0.15, 0.2) is 24.3 Å². The zero-order valence-electron chi connectivity index (χ0n) is 17.0. The molecule has 4 heteroatoms. The molecule has 0 radical (unpaired) electrons. The van der Waals surface area contributed by atoms with E-state index in [9.17, 15) is 9.59 Å². The van der Waals surface area contributed by atoms with E-state index in [1.165, 1.54) is 0 Å². The molecule has 0 aliphatic rings. The molecule has 26 heavy (non-hydrogen) atoms. The van der Waals surface area contributed by atoms with Crippen LogP contribution in [0.5, 0.6) is 0 Å². The minimum atomic E-state index is -0.356. The Hall–Kier alpha value is -1.84. The molecule has 4 nitrogen and oxygen atoms in total. The number of carbonyl (C=O) groups excluding carboxylic acids is 2. The van der Waals surface area contributed by atoms with Gasteiger partial charge in [-0.1, -0.05) is 53.9 Å². The summed E-state index contributed by atoms with van der Waals surface area (Å²) in [7, 11) is 0. The van der Waals surface area contributed by atoms with Crippen molar-refractivity contribution in [1.29, 1.82) is 0 Å². The predicted octanol–water partition coefficient (Wildman–Crippen LogP) is 5.65. The van der Waals surface area contributed by atoms with Gasteiger partial charge in [-0.2, -0.15) is 0 Å². The maximum atomic E-state index is 12.1. The van der Waals surface area contributed by atoms with E-state index in [1.54, 1.807) is 24.3 Å². The average molecular weight is 363 g/mol. The first-order valence-corrected chi connectivity index (χ1v) is 9.67. The lowest BCUT2D eigenvalue weighted by atomic mass is 9.86. The van der Waals surface area contributed by atoms with E-state index in [2.05, 4.69) is 34.6 Å². The summed E-state index contributed by atoms with van der Waals surface area (Å²) in [6.07, 6.45) is 5.26. The Bertz CT molecular complexity index is 555. The highest BCUT2D eigenvalue weighted by atomic mass is 16.5. The lowest BCUT2D eigenvalue weighted by Crippen LogP contribution is -2.18. The largest absolute Gasteiger partial charge is 0.462 e. The Kier molecular flexibility index (Phi) is 9.39. The van der Waals surface area contributed by atoms with E-state index < -0.39 is 0 Å². The van der Waals surface area contributed by atoms with Gasteiger partial charge in [0.15, 0.2) is 0 Å². The number of benzene rings is 1. The molecule has 0 saturated carbocycles. The van der Waals surface area contributed by atoms with Crippen LogP contribution in [0, 0.1) is 11.3 Å². The van der Waals surface area contributed by atoms with E-state index >= 15 is 0 Å². The van der Waals surface area contributed by atoms with Crippen LogP contribution in [-0.2, 0) is 9.47 Å². The minimum absolute atomic E-state index is 0.213. The summed E-state index contributed by atoms with van der Waals surface area (Å²) in [5.74, 6) is -0.397. The minimum Gasteiger partial charge on any atom is -0.462 e. The molecule has 0 aliphatic heterocycles. The fraction of sp³-hybridized carbons (Fsp3) is 0.636. The van der Waals surface area contributed by atoms with Crippen LogP contribution in [-0.4, -0.2) is 25.2 Å². The van der Waals surface area contributed by atoms with Crippen LogP contribution in [0.4, 0.5) is 0 Å². The van der Waals surface area contributed by atoms with Gasteiger partial charge < -0.3 is 9.47 Å². The first kappa shape index (κ1) is 22.2. The summed E-state index contributed by atoms with van der Waals surface area (Å²) in [6.45, 7) is 11.6. The Morgan fingerprint density at radius 3 is 1.96 bits per heavy atom. The van der Waals surface area contributed by atoms with Gasteiger partial charge in [0, 0.05) is 0 Å². The van der Waals surface area contributed by atoms with Crippen molar-refractivity contribution in [2.24, 2.45) is 11.3 Å². The summed E-state index contributed by atoms with van der Waals surface area (Å²) < 4.78 is 10.6. The lowest BCUT2D eigenvalue weighted by molar-refractivity contribution is 0.0418. The molecular weight excluding hydrogens is 328 g/mol. The predicted molar refractivity (Wildman–Crippen MR) is 104 cm³/mol. The van der Waals surface area contributed by atoms with Gasteiger partial charge in [-0.25, -0.2) is 9.59 Å². The van der Waals surface area contributed by atoms with Crippen molar-refractivity contribution < 1.29 is 19.1 Å². The van der Waals surface area contributed by atoms with Crippen LogP contribution in [0.1, 0.15) is 87.4 Å². The maximum absolute atomic E-state index is 12.1. The fourth-order valence-electron chi connectivity index (χ4n) is 2.93. The molecule has 146 valence electrons. The van der Waals surface area contributed by atoms with Crippen LogP contribution >= 0.6 is 0 Å². The van der Waals surface area contributed by atoms with Crippen molar-refractivity contribution in [2.45, 2.75) is 66.7 Å². The normalized spacial score (nSPS) is 12.5. The van der Waals surface area contributed by atoms with E-state index in [1.807, 2.05) is 0 Å². The topological polar surface area (TPSA) is 52.6 Å². The highest BCUT2D eigenvalue weighted by Crippen LogP contribution is 2.24. The first-order valence-electron chi connectivity index (χ1n) is 9.67. The molecule has 1 atom stereocenters. The number of esters is 2. The molecule has 1 aromatic rings. The number of carbonyl (C=O) groups is 2. The SMILES string of the molecule is CCCCCCOC(=O)c1ccc(C(=O)OCC(C)CC(C)(C)C)cc1. The molecular formula is C22H34O4. The molecule has 1 unspecified atom stereocenters. The van der Waals surface area contributed by atoms with Crippen molar-refractivity contribution in [3.63, 3.8) is 0 Å². The molecule has 0 heterocycles. The molecule has 0 saturated heterocycles. The van der Waals surface area contributed by atoms with Crippen molar-refractivity contribution in [3.8, 4) is 0 Å². The van der Waals surface area contributed by atoms with Gasteiger partial charge in [0.1, 0.15) is 0 Å². The van der Waals surface area contributed by atoms with Gasteiger partial charge >= 0.3 is 11.9 Å². The maximum Gasteiger partial charge on any atom is 0.338 e. The monoisotopic (exact) mass is 362 g/mol. The summed E-state index contributed by atoms with van der Waals surface area (Å²) >= 11 is 0. The Balaban J connectivity index is 2.43. The quantitative estimate of drug-likeness (QED) is 0.398. The second-order valence-corrected chi connectivity index (χ2v) is 8.24. The van der Waals surface area contributed by atoms with E-state index in [-0.39, 0.29) is 17.4 Å². The molecule has 0 aliphatic carbocycles. The van der Waals surface area contributed by atoms with Crippen molar-refractivity contribution in [2.75, 3.05) is 13.2 Å². The summed E-state index contributed by atoms with van der Waals surface area (Å²) in [5, 5.41) is 0. The summed E-state index contributed by atoms with van der Waals surface area (Å²) in [5.41, 5.74) is 1.12. The third-order valence-electron chi connectivity index (χ3n) is 4.05. The molecule has 0 bridgehead atoms. The van der Waals surface area contributed by atoms with Crippen LogP contribution in [0.3, 0.4) is 0 Å². The fourth-order valence-corrected chi connectivity index (χ4v) is 2.93. The third kappa shape index (κ3) is 9.02. The zero-order valence-corrected chi connectivity index (χ0v) is 17.0. The smallest absolute Gasteiger partial charge is 0.338 e. The first-order chi connectivity index (χ1) is 12.2. The van der Waals surface area contributed by atoms with Gasteiger partial charge in [-0.3, -0.25) is 0 Å². The van der Waals surface area contributed by atoms with Crippen LogP contribution in [0.25, 0.3) is 0 Å². The van der Waals surface area contributed by atoms with Gasteiger partial charge in [-0.15, -0.1) is 0 Å². The molecule has 0 N–H and O–H groups in total. The number of unbranched alkanes of at least 4 members (excludes halogenated alkanes) is 3. The average Bonchev–Trinajstić information content (AvgIpc) is 2.58. The van der Waals surface area contributed by atoms with Crippen LogP contribution < -0.4 is 0 Å². The zero-order chi connectivity index (χ0) is 19.6. The molecule has 1 rings (SSSR count). The van der Waals surface area contributed by atoms with Gasteiger partial charge in [-0.05, 0) is 48.4 Å². The lowest BCUT2D eigenvalue weighted by Gasteiger charge is -2.22. The van der Waals surface area contributed by atoms with E-state index in [0.717, 1.165) is 32.1 Å². The number of hydrogen-bond acceptors (Lipinski definition) is 4. The van der Waals surface area contributed by atoms with Gasteiger partial charge in [0.05, 0.1) is 24.3 Å². The molecule has 0 fully saturated rings. The molecule has 0 amide bonds. The van der Waals surface area contributed by atoms with Gasteiger partial charge in [0.25, 0.3) is 0 Å². The van der Waals surface area contributed by atoms with Gasteiger partial charge in [0.2, 0.25) is 0 Å². The highest BCUT2D eigenvalue weighted by molar-refractivity contribution is 5.93. The van der Waals surface area contributed by atoms with Crippen LogP contribution in [0.2, 0.25) is 0 Å². The third-order valence-corrected chi connectivity index (χ3v) is 4.05. The van der Waals surface area contributed by atoms with Crippen molar-refractivity contribution in [1.82, 2.24) is 0 Å². The highest BCUT2D eigenvalue weighted by Gasteiger charge is 2.17. The van der Waals surface area contributed by atoms with Crippen molar-refractivity contribution >= 4 is 11.9 Å². The summed E-state index contributed by atoms with van der Waals surface area (Å²) in [6, 6.07) is 6.46.